The molecule has 142 valence electrons. The van der Waals surface area contributed by atoms with Gasteiger partial charge in [0.1, 0.15) is 16.3 Å². The Balaban J connectivity index is 1.80. The number of thiophene rings is 1. The van der Waals surface area contributed by atoms with E-state index in [1.165, 1.54) is 11.3 Å². The molecule has 0 N–H and O–H groups in total. The quantitative estimate of drug-likeness (QED) is 0.438. The molecule has 0 aliphatic heterocycles. The van der Waals surface area contributed by atoms with Crippen molar-refractivity contribution in [2.45, 2.75) is 20.1 Å². The zero-order valence-electron chi connectivity index (χ0n) is 15.7. The summed E-state index contributed by atoms with van der Waals surface area (Å²) in [7, 11) is 1.67. The van der Waals surface area contributed by atoms with E-state index in [0.717, 1.165) is 32.7 Å². The summed E-state index contributed by atoms with van der Waals surface area (Å²) in [5.41, 5.74) is 3.65. The van der Waals surface area contributed by atoms with E-state index in [-0.39, 0.29) is 12.6 Å². The average Bonchev–Trinajstić information content (AvgIpc) is 3.34. The van der Waals surface area contributed by atoms with Crippen molar-refractivity contribution in [3.8, 4) is 5.69 Å². The summed E-state index contributed by atoms with van der Waals surface area (Å²) >= 11 is 1.36. The van der Waals surface area contributed by atoms with Gasteiger partial charge in [0.2, 0.25) is 0 Å². The molecule has 0 saturated heterocycles. The molecule has 0 amide bonds. The van der Waals surface area contributed by atoms with E-state index in [4.69, 9.17) is 9.47 Å². The van der Waals surface area contributed by atoms with E-state index in [0.29, 0.717) is 11.5 Å². The lowest BCUT2D eigenvalue weighted by molar-refractivity contribution is 0.0478. The molecule has 3 heterocycles. The smallest absolute Gasteiger partial charge is 0.350 e. The summed E-state index contributed by atoms with van der Waals surface area (Å²) in [5, 5.41) is 0.931. The molecule has 3 aromatic heterocycles. The Morgan fingerprint density at radius 3 is 2.57 bits per heavy atom. The van der Waals surface area contributed by atoms with Crippen LogP contribution < -0.4 is 0 Å². The van der Waals surface area contributed by atoms with Crippen LogP contribution in [-0.2, 0) is 22.7 Å². The first-order valence-electron chi connectivity index (χ1n) is 8.93. The minimum atomic E-state index is -0.350. The van der Waals surface area contributed by atoms with E-state index < -0.39 is 0 Å². The predicted molar refractivity (Wildman–Crippen MR) is 110 cm³/mol. The SMILES string of the molecule is COCc1cc(C)nc2sc(C(=O)OCc3ccccc3)c(-n3cccc3)c12. The van der Waals surface area contributed by atoms with Gasteiger partial charge in [0.25, 0.3) is 0 Å². The van der Waals surface area contributed by atoms with Crippen molar-refractivity contribution in [2.75, 3.05) is 7.11 Å². The summed E-state index contributed by atoms with van der Waals surface area (Å²) < 4.78 is 12.9. The molecule has 5 nitrogen and oxygen atoms in total. The van der Waals surface area contributed by atoms with Gasteiger partial charge in [-0.15, -0.1) is 11.3 Å². The van der Waals surface area contributed by atoms with Crippen molar-refractivity contribution in [3.63, 3.8) is 0 Å². The Morgan fingerprint density at radius 1 is 1.11 bits per heavy atom. The number of aryl methyl sites for hydroxylation is 1. The highest BCUT2D eigenvalue weighted by atomic mass is 32.1. The van der Waals surface area contributed by atoms with E-state index in [2.05, 4.69) is 4.98 Å². The van der Waals surface area contributed by atoms with Crippen LogP contribution in [0, 0.1) is 6.92 Å². The number of rotatable bonds is 6. The van der Waals surface area contributed by atoms with Crippen molar-refractivity contribution < 1.29 is 14.3 Å². The average molecular weight is 392 g/mol. The first-order valence-corrected chi connectivity index (χ1v) is 9.75. The van der Waals surface area contributed by atoms with Gasteiger partial charge in [-0.2, -0.15) is 0 Å². The molecule has 0 atom stereocenters. The Hall–Kier alpha value is -2.96. The number of nitrogens with zero attached hydrogens (tertiary/aromatic N) is 2. The van der Waals surface area contributed by atoms with Crippen molar-refractivity contribution in [3.05, 3.63) is 82.6 Å². The summed E-state index contributed by atoms with van der Waals surface area (Å²) in [6.45, 7) is 2.63. The van der Waals surface area contributed by atoms with Gasteiger partial charge in [0, 0.05) is 30.6 Å². The molecule has 0 bridgehead atoms. The molecular weight excluding hydrogens is 372 g/mol. The van der Waals surface area contributed by atoms with Crippen molar-refractivity contribution in [2.24, 2.45) is 0 Å². The Bertz CT molecular complexity index is 1100. The van der Waals surface area contributed by atoms with Crippen LogP contribution in [0.5, 0.6) is 0 Å². The minimum absolute atomic E-state index is 0.233. The molecule has 1 aromatic carbocycles. The standard InChI is InChI=1S/C22H20N2O3S/c1-15-12-17(14-26-2)18-19(24-10-6-7-11-24)20(28-21(18)23-15)22(25)27-13-16-8-4-3-5-9-16/h3-12H,13-14H2,1-2H3. The maximum atomic E-state index is 13.0. The van der Waals surface area contributed by atoms with E-state index >= 15 is 0 Å². The fourth-order valence-corrected chi connectivity index (χ4v) is 4.38. The van der Waals surface area contributed by atoms with Gasteiger partial charge in [-0.1, -0.05) is 30.3 Å². The summed E-state index contributed by atoms with van der Waals surface area (Å²) in [6.07, 6.45) is 3.85. The third-order valence-electron chi connectivity index (χ3n) is 4.41. The van der Waals surface area contributed by atoms with Crippen molar-refractivity contribution in [1.82, 2.24) is 9.55 Å². The van der Waals surface area contributed by atoms with E-state index in [9.17, 15) is 4.79 Å². The van der Waals surface area contributed by atoms with E-state index in [1.807, 2.05) is 72.4 Å². The lowest BCUT2D eigenvalue weighted by Gasteiger charge is -2.10. The summed E-state index contributed by atoms with van der Waals surface area (Å²) in [5.74, 6) is -0.350. The molecule has 28 heavy (non-hydrogen) atoms. The highest BCUT2D eigenvalue weighted by Gasteiger charge is 2.24. The molecule has 0 unspecified atom stereocenters. The Kier molecular flexibility index (Phi) is 5.23. The summed E-state index contributed by atoms with van der Waals surface area (Å²) in [4.78, 5) is 19.0. The third-order valence-corrected chi connectivity index (χ3v) is 5.46. The van der Waals surface area contributed by atoms with Gasteiger partial charge in [0.05, 0.1) is 12.3 Å². The molecule has 4 rings (SSSR count). The second kappa shape index (κ2) is 7.96. The number of carbonyl (C=O) groups excluding carboxylic acids is 1. The van der Waals surface area contributed by atoms with Crippen LogP contribution in [0.15, 0.2) is 60.9 Å². The molecule has 4 aromatic rings. The molecule has 0 radical (unpaired) electrons. The third kappa shape index (κ3) is 3.56. The highest BCUT2D eigenvalue weighted by Crippen LogP contribution is 2.37. The highest BCUT2D eigenvalue weighted by molar-refractivity contribution is 7.21. The zero-order valence-corrected chi connectivity index (χ0v) is 16.5. The van der Waals surface area contributed by atoms with Gasteiger partial charge >= 0.3 is 5.97 Å². The topological polar surface area (TPSA) is 53.4 Å². The van der Waals surface area contributed by atoms with Gasteiger partial charge in [-0.05, 0) is 36.2 Å². The fourth-order valence-electron chi connectivity index (χ4n) is 3.22. The van der Waals surface area contributed by atoms with Crippen LogP contribution in [-0.4, -0.2) is 22.6 Å². The Labute approximate surface area is 167 Å². The molecule has 0 saturated carbocycles. The zero-order chi connectivity index (χ0) is 19.5. The number of ether oxygens (including phenoxy) is 2. The maximum absolute atomic E-state index is 13.0. The second-order valence-electron chi connectivity index (χ2n) is 6.47. The maximum Gasteiger partial charge on any atom is 0.350 e. The number of esters is 1. The monoisotopic (exact) mass is 392 g/mol. The first kappa shape index (κ1) is 18.4. The number of hydrogen-bond acceptors (Lipinski definition) is 5. The normalized spacial score (nSPS) is 11.1. The van der Waals surface area contributed by atoms with Gasteiger partial charge in [0.15, 0.2) is 0 Å². The number of pyridine rings is 1. The second-order valence-corrected chi connectivity index (χ2v) is 7.47. The van der Waals surface area contributed by atoms with Gasteiger partial charge in [-0.25, -0.2) is 9.78 Å². The van der Waals surface area contributed by atoms with Crippen molar-refractivity contribution in [1.29, 1.82) is 0 Å². The number of methoxy groups -OCH3 is 1. The van der Waals surface area contributed by atoms with Crippen LogP contribution in [0.4, 0.5) is 0 Å². The fraction of sp³-hybridized carbons (Fsp3) is 0.182. The molecule has 0 spiro atoms. The van der Waals surface area contributed by atoms with Crippen LogP contribution in [0.1, 0.15) is 26.5 Å². The minimum Gasteiger partial charge on any atom is -0.457 e. The number of aromatic nitrogens is 2. The summed E-state index contributed by atoms with van der Waals surface area (Å²) in [6, 6.07) is 15.5. The number of hydrogen-bond donors (Lipinski definition) is 0. The van der Waals surface area contributed by atoms with Crippen LogP contribution >= 0.6 is 11.3 Å². The number of fused-ring (bicyclic) bond motifs is 1. The lowest BCUT2D eigenvalue weighted by Crippen LogP contribution is -2.07. The van der Waals surface area contributed by atoms with E-state index in [1.54, 1.807) is 7.11 Å². The number of carbonyl (C=O) groups is 1. The number of benzene rings is 1. The molecular formula is C22H20N2O3S. The Morgan fingerprint density at radius 2 is 1.86 bits per heavy atom. The van der Waals surface area contributed by atoms with Crippen LogP contribution in [0.2, 0.25) is 0 Å². The lowest BCUT2D eigenvalue weighted by atomic mass is 10.1. The van der Waals surface area contributed by atoms with Gasteiger partial charge in [-0.3, -0.25) is 0 Å². The largest absolute Gasteiger partial charge is 0.457 e. The molecule has 0 fully saturated rings. The molecule has 0 aliphatic carbocycles. The van der Waals surface area contributed by atoms with Crippen molar-refractivity contribution >= 4 is 27.5 Å². The first-order chi connectivity index (χ1) is 13.7. The van der Waals surface area contributed by atoms with Crippen LogP contribution in [0.25, 0.3) is 15.9 Å². The predicted octanol–water partition coefficient (Wildman–Crippen LogP) is 4.90. The molecule has 6 heteroatoms. The van der Waals surface area contributed by atoms with Crippen LogP contribution in [0.3, 0.4) is 0 Å². The molecule has 0 aliphatic rings. The van der Waals surface area contributed by atoms with Gasteiger partial charge < -0.3 is 14.0 Å².